The van der Waals surface area contributed by atoms with E-state index >= 15 is 0 Å². The number of hydrogen-bond donors (Lipinski definition) is 2. The summed E-state index contributed by atoms with van der Waals surface area (Å²) < 4.78 is 12.8. The molecular formula is C16H14ClFN2. The van der Waals surface area contributed by atoms with Gasteiger partial charge in [-0.1, -0.05) is 29.8 Å². The van der Waals surface area contributed by atoms with Crippen LogP contribution in [0.3, 0.4) is 0 Å². The van der Waals surface area contributed by atoms with Crippen molar-refractivity contribution in [3.05, 3.63) is 70.6 Å². The third-order valence-electron chi connectivity index (χ3n) is 3.29. The van der Waals surface area contributed by atoms with E-state index in [-0.39, 0.29) is 5.82 Å². The third-order valence-corrected chi connectivity index (χ3v) is 3.52. The van der Waals surface area contributed by atoms with Crippen molar-refractivity contribution in [2.24, 2.45) is 0 Å². The van der Waals surface area contributed by atoms with Crippen molar-refractivity contribution in [1.29, 1.82) is 0 Å². The highest BCUT2D eigenvalue weighted by molar-refractivity contribution is 6.31. The monoisotopic (exact) mass is 288 g/mol. The third kappa shape index (κ3) is 2.84. The highest BCUT2D eigenvalue weighted by Gasteiger charge is 2.03. The summed E-state index contributed by atoms with van der Waals surface area (Å²) in [6.07, 6.45) is 1.98. The minimum Gasteiger partial charge on any atom is -0.361 e. The molecule has 3 rings (SSSR count). The fourth-order valence-corrected chi connectivity index (χ4v) is 2.42. The highest BCUT2D eigenvalue weighted by atomic mass is 35.5. The predicted molar refractivity (Wildman–Crippen MR) is 80.3 cm³/mol. The molecule has 0 radical (unpaired) electrons. The summed E-state index contributed by atoms with van der Waals surface area (Å²) in [5.74, 6) is -0.206. The van der Waals surface area contributed by atoms with Crippen molar-refractivity contribution in [2.75, 3.05) is 0 Å². The van der Waals surface area contributed by atoms with E-state index in [4.69, 9.17) is 11.6 Å². The van der Waals surface area contributed by atoms with E-state index in [1.165, 1.54) is 23.1 Å². The molecule has 1 heterocycles. The molecule has 102 valence electrons. The van der Waals surface area contributed by atoms with Crippen molar-refractivity contribution in [3.8, 4) is 0 Å². The van der Waals surface area contributed by atoms with Gasteiger partial charge in [0, 0.05) is 35.2 Å². The fourth-order valence-electron chi connectivity index (χ4n) is 2.25. The number of benzene rings is 2. The lowest BCUT2D eigenvalue weighted by Crippen LogP contribution is -2.12. The highest BCUT2D eigenvalue weighted by Crippen LogP contribution is 2.21. The fraction of sp³-hybridized carbons (Fsp3) is 0.125. The van der Waals surface area contributed by atoms with Crippen molar-refractivity contribution in [2.45, 2.75) is 13.1 Å². The minimum absolute atomic E-state index is 0.206. The Morgan fingerprint density at radius 2 is 1.85 bits per heavy atom. The zero-order valence-corrected chi connectivity index (χ0v) is 11.5. The molecule has 2 aromatic carbocycles. The lowest BCUT2D eigenvalue weighted by Gasteiger charge is -2.04. The molecule has 0 spiro atoms. The van der Waals surface area contributed by atoms with E-state index in [2.05, 4.69) is 10.3 Å². The number of halogens is 2. The molecule has 0 unspecified atom stereocenters. The van der Waals surface area contributed by atoms with E-state index in [0.29, 0.717) is 6.54 Å². The molecule has 0 saturated carbocycles. The molecule has 1 aromatic heterocycles. The second-order valence-corrected chi connectivity index (χ2v) is 5.17. The first kappa shape index (κ1) is 13.2. The van der Waals surface area contributed by atoms with Gasteiger partial charge in [-0.2, -0.15) is 0 Å². The number of fused-ring (bicyclic) bond motifs is 1. The van der Waals surface area contributed by atoms with Crippen LogP contribution in [-0.4, -0.2) is 4.98 Å². The average molecular weight is 289 g/mol. The van der Waals surface area contributed by atoms with Crippen LogP contribution in [0.5, 0.6) is 0 Å². The van der Waals surface area contributed by atoms with E-state index in [1.54, 1.807) is 12.1 Å². The van der Waals surface area contributed by atoms with E-state index in [1.807, 2.05) is 24.4 Å². The Hall–Kier alpha value is -1.84. The molecule has 0 aliphatic rings. The normalized spacial score (nSPS) is 11.1. The first-order valence-corrected chi connectivity index (χ1v) is 6.81. The number of nitrogens with one attached hydrogen (secondary N) is 2. The molecule has 3 aromatic rings. The van der Waals surface area contributed by atoms with Gasteiger partial charge in [0.2, 0.25) is 0 Å². The van der Waals surface area contributed by atoms with Crippen molar-refractivity contribution >= 4 is 22.5 Å². The minimum atomic E-state index is -0.206. The van der Waals surface area contributed by atoms with Crippen LogP contribution in [0.4, 0.5) is 4.39 Å². The van der Waals surface area contributed by atoms with E-state index < -0.39 is 0 Å². The molecule has 2 N–H and O–H groups in total. The number of rotatable bonds is 4. The molecule has 4 heteroatoms. The molecule has 20 heavy (non-hydrogen) atoms. The van der Waals surface area contributed by atoms with Gasteiger partial charge in [-0.05, 0) is 35.4 Å². The van der Waals surface area contributed by atoms with E-state index in [0.717, 1.165) is 22.6 Å². The molecule has 0 atom stereocenters. The van der Waals surface area contributed by atoms with Gasteiger partial charge < -0.3 is 10.3 Å². The summed E-state index contributed by atoms with van der Waals surface area (Å²) in [6.45, 7) is 1.46. The molecule has 0 aliphatic heterocycles. The topological polar surface area (TPSA) is 27.8 Å². The first-order valence-electron chi connectivity index (χ1n) is 6.43. The zero-order valence-electron chi connectivity index (χ0n) is 10.8. The second kappa shape index (κ2) is 5.65. The predicted octanol–water partition coefficient (Wildman–Crippen LogP) is 4.25. The Labute approximate surface area is 121 Å². The lowest BCUT2D eigenvalue weighted by molar-refractivity contribution is 0.625. The number of hydrogen-bond acceptors (Lipinski definition) is 1. The zero-order chi connectivity index (χ0) is 13.9. The molecule has 0 saturated heterocycles. The van der Waals surface area contributed by atoms with Crippen LogP contribution >= 0.6 is 11.6 Å². The maximum absolute atomic E-state index is 12.8. The van der Waals surface area contributed by atoms with Gasteiger partial charge in [-0.25, -0.2) is 4.39 Å². The molecule has 2 nitrogen and oxygen atoms in total. The maximum atomic E-state index is 12.8. The Morgan fingerprint density at radius 3 is 2.65 bits per heavy atom. The summed E-state index contributed by atoms with van der Waals surface area (Å²) in [7, 11) is 0. The Kier molecular flexibility index (Phi) is 3.72. The maximum Gasteiger partial charge on any atom is 0.123 e. The molecule has 0 bridgehead atoms. The van der Waals surface area contributed by atoms with Gasteiger partial charge in [0.25, 0.3) is 0 Å². The summed E-state index contributed by atoms with van der Waals surface area (Å²) in [4.78, 5) is 3.21. The van der Waals surface area contributed by atoms with Gasteiger partial charge in [-0.15, -0.1) is 0 Å². The smallest absolute Gasteiger partial charge is 0.123 e. The number of H-pyrrole nitrogens is 1. The summed E-state index contributed by atoms with van der Waals surface area (Å²) >= 11 is 5.96. The summed E-state index contributed by atoms with van der Waals surface area (Å²) in [5.41, 5.74) is 3.30. The molecule has 0 amide bonds. The van der Waals surface area contributed by atoms with Crippen LogP contribution in [0.2, 0.25) is 5.02 Å². The van der Waals surface area contributed by atoms with Crippen LogP contribution in [-0.2, 0) is 13.1 Å². The van der Waals surface area contributed by atoms with Crippen LogP contribution in [0.1, 0.15) is 11.1 Å². The van der Waals surface area contributed by atoms with Crippen LogP contribution < -0.4 is 5.32 Å². The van der Waals surface area contributed by atoms with Crippen LogP contribution in [0.25, 0.3) is 10.9 Å². The quantitative estimate of drug-likeness (QED) is 0.738. The van der Waals surface area contributed by atoms with Gasteiger partial charge in [0.05, 0.1) is 0 Å². The first-order chi connectivity index (χ1) is 9.72. The van der Waals surface area contributed by atoms with Crippen molar-refractivity contribution in [3.63, 3.8) is 0 Å². The molecular weight excluding hydrogens is 275 g/mol. The summed E-state index contributed by atoms with van der Waals surface area (Å²) in [5, 5.41) is 5.25. The van der Waals surface area contributed by atoms with Crippen LogP contribution in [0, 0.1) is 5.82 Å². The Morgan fingerprint density at radius 1 is 1.05 bits per heavy atom. The molecule has 0 aliphatic carbocycles. The Balaban J connectivity index is 1.66. The van der Waals surface area contributed by atoms with Crippen LogP contribution in [0.15, 0.2) is 48.7 Å². The molecule has 0 fully saturated rings. The second-order valence-electron chi connectivity index (χ2n) is 4.73. The number of aromatic nitrogens is 1. The SMILES string of the molecule is Fc1ccc(CNCc2c[nH]c3cc(Cl)ccc23)cc1. The van der Waals surface area contributed by atoms with E-state index in [9.17, 15) is 4.39 Å². The Bertz CT molecular complexity index is 719. The van der Waals surface area contributed by atoms with Gasteiger partial charge in [0.15, 0.2) is 0 Å². The average Bonchev–Trinajstić information content (AvgIpc) is 2.83. The van der Waals surface area contributed by atoms with Gasteiger partial charge >= 0.3 is 0 Å². The van der Waals surface area contributed by atoms with Crippen molar-refractivity contribution < 1.29 is 4.39 Å². The van der Waals surface area contributed by atoms with Gasteiger partial charge in [-0.3, -0.25) is 0 Å². The van der Waals surface area contributed by atoms with Gasteiger partial charge in [0.1, 0.15) is 5.82 Å². The van der Waals surface area contributed by atoms with Crippen molar-refractivity contribution in [1.82, 2.24) is 10.3 Å². The lowest BCUT2D eigenvalue weighted by atomic mass is 10.1. The standard InChI is InChI=1S/C16H14ClFN2/c17-13-3-6-15-12(10-20-16(15)7-13)9-19-8-11-1-4-14(18)5-2-11/h1-7,10,19-20H,8-9H2. The number of aromatic amines is 1. The largest absolute Gasteiger partial charge is 0.361 e. The summed E-state index contributed by atoms with van der Waals surface area (Å²) in [6, 6.07) is 12.4.